The van der Waals surface area contributed by atoms with E-state index in [9.17, 15) is 0 Å². The SMILES string of the molecule is O.[Al+3].[Cl-].[Cl-].[Cl-].[Cl-].[Cl-].[K+].[Na+]. The molecule has 9 heavy (non-hydrogen) atoms. The van der Waals surface area contributed by atoms with E-state index in [4.69, 9.17) is 0 Å². The zero-order valence-corrected chi connectivity index (χ0v) is 15.0. The summed E-state index contributed by atoms with van der Waals surface area (Å²) in [5, 5.41) is 0. The van der Waals surface area contributed by atoms with Gasteiger partial charge in [0.2, 0.25) is 0 Å². The van der Waals surface area contributed by atoms with E-state index >= 15 is 0 Å². The van der Waals surface area contributed by atoms with Crippen LogP contribution in [0.3, 0.4) is 0 Å². The van der Waals surface area contributed by atoms with Crippen LogP contribution in [0.4, 0.5) is 0 Å². The van der Waals surface area contributed by atoms with Crippen LogP contribution in [0.2, 0.25) is 0 Å². The zero-order chi connectivity index (χ0) is 0. The first-order valence-corrected chi connectivity index (χ1v) is 0. The predicted molar refractivity (Wildman–Crippen MR) is 9.37 cm³/mol. The monoisotopic (exact) mass is 282 g/mol. The molecule has 0 heterocycles. The van der Waals surface area contributed by atoms with Crippen LogP contribution in [0, 0.1) is 0 Å². The van der Waals surface area contributed by atoms with Gasteiger partial charge in [0.15, 0.2) is 0 Å². The molecule has 0 saturated carbocycles. The molecule has 0 aliphatic heterocycles. The fourth-order valence-electron chi connectivity index (χ4n) is 0. The fraction of sp³-hybridized carbons (Fsp3) is 0. The Kier molecular flexibility index (Phi) is 916. The number of hydrogen-bond acceptors (Lipinski definition) is 0. The first kappa shape index (κ1) is 102. The third kappa shape index (κ3) is 67.1. The van der Waals surface area contributed by atoms with Crippen LogP contribution in [-0.2, 0) is 0 Å². The van der Waals surface area contributed by atoms with Crippen molar-refractivity contribution in [3.63, 3.8) is 0 Å². The summed E-state index contributed by atoms with van der Waals surface area (Å²) in [5.41, 5.74) is 0. The molecule has 0 unspecified atom stereocenters. The maximum atomic E-state index is 0. The minimum Gasteiger partial charge on any atom is -1.00 e. The molecular formula is H2AlCl5KNaO. The van der Waals surface area contributed by atoms with Crippen LogP contribution in [0.1, 0.15) is 0 Å². The number of hydrogen-bond donors (Lipinski definition) is 0. The molecule has 0 aliphatic carbocycles. The summed E-state index contributed by atoms with van der Waals surface area (Å²) >= 11 is 0. The van der Waals surface area contributed by atoms with Crippen LogP contribution < -0.4 is 143 Å². The molecule has 0 atom stereocenters. The number of halogens is 5. The van der Waals surface area contributed by atoms with Crippen molar-refractivity contribution in [2.45, 2.75) is 0 Å². The van der Waals surface area contributed by atoms with Crippen molar-refractivity contribution < 1.29 is 148 Å². The quantitative estimate of drug-likeness (QED) is 0.396. The van der Waals surface area contributed by atoms with Gasteiger partial charge >= 0.3 is 98.3 Å². The van der Waals surface area contributed by atoms with Crippen molar-refractivity contribution in [1.82, 2.24) is 0 Å². The Morgan fingerprint density at radius 2 is 0.556 bits per heavy atom. The van der Waals surface area contributed by atoms with Crippen LogP contribution >= 0.6 is 0 Å². The summed E-state index contributed by atoms with van der Waals surface area (Å²) in [6, 6.07) is 0. The van der Waals surface area contributed by atoms with Gasteiger partial charge in [-0.3, -0.25) is 0 Å². The largest absolute Gasteiger partial charge is 3.00 e. The molecule has 48 valence electrons. The fourth-order valence-corrected chi connectivity index (χ4v) is 0. The predicted octanol–water partition coefficient (Wildman–Crippen LogP) is -22.2. The molecule has 2 N–H and O–H groups in total. The summed E-state index contributed by atoms with van der Waals surface area (Å²) in [5.74, 6) is 0. The van der Waals surface area contributed by atoms with E-state index in [-0.39, 0.29) is 166 Å². The van der Waals surface area contributed by atoms with Crippen LogP contribution in [0.15, 0.2) is 0 Å². The standard InChI is InChI=1S/Al.5ClH.K.Na.H2O/h;5*1H;;;1H2/q+3;;;;;;2*+1;/p-5. The summed E-state index contributed by atoms with van der Waals surface area (Å²) in [4.78, 5) is 0. The van der Waals surface area contributed by atoms with Crippen molar-refractivity contribution in [3.8, 4) is 0 Å². The van der Waals surface area contributed by atoms with Gasteiger partial charge in [0.05, 0.1) is 0 Å². The van der Waals surface area contributed by atoms with E-state index in [1.54, 1.807) is 0 Å². The molecular weight excluding hydrogens is 282 g/mol. The second kappa shape index (κ2) is 80.4. The summed E-state index contributed by atoms with van der Waals surface area (Å²) in [6.45, 7) is 0. The molecule has 0 aromatic carbocycles. The van der Waals surface area contributed by atoms with Crippen molar-refractivity contribution in [2.24, 2.45) is 0 Å². The average Bonchev–Trinajstić information content (AvgIpc) is 0. The molecule has 1 nitrogen and oxygen atoms in total. The maximum Gasteiger partial charge on any atom is 3.00 e. The molecule has 9 heteroatoms. The van der Waals surface area contributed by atoms with Gasteiger partial charge in [-0.05, 0) is 0 Å². The summed E-state index contributed by atoms with van der Waals surface area (Å²) in [7, 11) is 0. The van der Waals surface area contributed by atoms with Crippen molar-refractivity contribution in [3.05, 3.63) is 0 Å². The van der Waals surface area contributed by atoms with Crippen LogP contribution in [-0.4, -0.2) is 22.8 Å². The van der Waals surface area contributed by atoms with Gasteiger partial charge in [-0.2, -0.15) is 0 Å². The van der Waals surface area contributed by atoms with E-state index in [2.05, 4.69) is 0 Å². The van der Waals surface area contributed by atoms with Gasteiger partial charge in [-0.1, -0.05) is 0 Å². The second-order valence-corrected chi connectivity index (χ2v) is 0. The van der Waals surface area contributed by atoms with Gasteiger partial charge in [-0.15, -0.1) is 0 Å². The second-order valence-electron chi connectivity index (χ2n) is 0. The van der Waals surface area contributed by atoms with Crippen molar-refractivity contribution in [1.29, 1.82) is 0 Å². The van der Waals surface area contributed by atoms with Gasteiger partial charge in [0.25, 0.3) is 0 Å². The van der Waals surface area contributed by atoms with Gasteiger partial charge < -0.3 is 67.5 Å². The van der Waals surface area contributed by atoms with Crippen molar-refractivity contribution >= 4 is 17.4 Å². The molecule has 0 radical (unpaired) electrons. The molecule has 0 fully saturated rings. The van der Waals surface area contributed by atoms with E-state index in [1.165, 1.54) is 0 Å². The topological polar surface area (TPSA) is 31.5 Å². The van der Waals surface area contributed by atoms with Crippen LogP contribution in [0.25, 0.3) is 0 Å². The Morgan fingerprint density at radius 1 is 0.556 bits per heavy atom. The van der Waals surface area contributed by atoms with E-state index in [1.807, 2.05) is 0 Å². The van der Waals surface area contributed by atoms with Gasteiger partial charge in [-0.25, -0.2) is 0 Å². The van der Waals surface area contributed by atoms with E-state index in [0.29, 0.717) is 0 Å². The average molecular weight is 284 g/mol. The molecule has 0 spiro atoms. The Morgan fingerprint density at radius 3 is 0.556 bits per heavy atom. The Bertz CT molecular complexity index is 16.9. The molecule has 0 amide bonds. The zero-order valence-electron chi connectivity index (χ0n) is 4.97. The van der Waals surface area contributed by atoms with Crippen LogP contribution in [0.5, 0.6) is 0 Å². The van der Waals surface area contributed by atoms with E-state index in [0.717, 1.165) is 0 Å². The molecule has 0 aromatic heterocycles. The molecule has 0 aliphatic rings. The normalized spacial score (nSPS) is 0. The van der Waals surface area contributed by atoms with Gasteiger partial charge in [0.1, 0.15) is 0 Å². The first-order chi connectivity index (χ1) is 0. The van der Waals surface area contributed by atoms with E-state index < -0.39 is 0 Å². The third-order valence-electron chi connectivity index (χ3n) is 0. The minimum atomic E-state index is 0. The summed E-state index contributed by atoms with van der Waals surface area (Å²) in [6.07, 6.45) is 0. The molecule has 0 bridgehead atoms. The summed E-state index contributed by atoms with van der Waals surface area (Å²) < 4.78 is 0. The maximum absolute atomic E-state index is 0. The van der Waals surface area contributed by atoms with Crippen molar-refractivity contribution in [2.75, 3.05) is 0 Å². The Hall–Kier alpha value is 4.58. The molecule has 0 aromatic rings. The smallest absolute Gasteiger partial charge is 1.00 e. The van der Waals surface area contributed by atoms with Gasteiger partial charge in [0, 0.05) is 0 Å². The third-order valence-corrected chi connectivity index (χ3v) is 0. The Balaban J connectivity index is 0. The number of rotatable bonds is 0. The minimum absolute atomic E-state index is 0. The Labute approximate surface area is 162 Å². The molecule has 0 rings (SSSR count). The molecule has 0 saturated heterocycles. The first-order valence-electron chi connectivity index (χ1n) is 0.